The Labute approximate surface area is 94.8 Å². The van der Waals surface area contributed by atoms with Gasteiger partial charge >= 0.3 is 5.97 Å². The van der Waals surface area contributed by atoms with E-state index in [1.54, 1.807) is 4.90 Å². The van der Waals surface area contributed by atoms with Crippen LogP contribution in [0.2, 0.25) is 0 Å². The van der Waals surface area contributed by atoms with Gasteiger partial charge in [-0.25, -0.2) is 0 Å². The zero-order valence-electron chi connectivity index (χ0n) is 9.53. The van der Waals surface area contributed by atoms with Gasteiger partial charge in [-0.3, -0.25) is 9.59 Å². The van der Waals surface area contributed by atoms with Crippen LogP contribution in [0.25, 0.3) is 0 Å². The number of likely N-dealkylation sites (tertiary alicyclic amines) is 1. The average molecular weight is 226 g/mol. The number of hydrogen-bond donors (Lipinski definition) is 2. The van der Waals surface area contributed by atoms with Gasteiger partial charge in [0.25, 0.3) is 0 Å². The summed E-state index contributed by atoms with van der Waals surface area (Å²) in [6.07, 6.45) is 2.44. The number of rotatable bonds is 2. The first kappa shape index (κ1) is 11.4. The highest BCUT2D eigenvalue weighted by Crippen LogP contribution is 2.25. The van der Waals surface area contributed by atoms with Gasteiger partial charge in [-0.2, -0.15) is 0 Å². The number of carbonyl (C=O) groups is 2. The summed E-state index contributed by atoms with van der Waals surface area (Å²) in [5, 5.41) is 12.1. The van der Waals surface area contributed by atoms with Crippen molar-refractivity contribution in [3.8, 4) is 0 Å². The predicted octanol–water partition coefficient (Wildman–Crippen LogP) is 0.0616. The number of nitrogens with one attached hydrogen (secondary N) is 1. The monoisotopic (exact) mass is 226 g/mol. The zero-order chi connectivity index (χ0) is 11.8. The van der Waals surface area contributed by atoms with Crippen LogP contribution in [-0.4, -0.2) is 47.1 Å². The molecule has 2 N–H and O–H groups in total. The molecule has 2 heterocycles. The highest BCUT2D eigenvalue weighted by molar-refractivity contribution is 5.87. The van der Waals surface area contributed by atoms with E-state index in [-0.39, 0.29) is 11.8 Å². The first-order valence-corrected chi connectivity index (χ1v) is 5.80. The zero-order valence-corrected chi connectivity index (χ0v) is 9.53. The highest BCUT2D eigenvalue weighted by Gasteiger charge is 2.42. The van der Waals surface area contributed by atoms with Crippen molar-refractivity contribution in [1.29, 1.82) is 0 Å². The summed E-state index contributed by atoms with van der Waals surface area (Å²) in [6.45, 7) is 3.73. The summed E-state index contributed by atoms with van der Waals surface area (Å²) < 4.78 is 0. The minimum Gasteiger partial charge on any atom is -0.481 e. The third-order valence-electron chi connectivity index (χ3n) is 3.67. The van der Waals surface area contributed by atoms with Crippen LogP contribution >= 0.6 is 0 Å². The molecule has 2 saturated heterocycles. The molecule has 2 fully saturated rings. The number of carboxylic acids is 1. The van der Waals surface area contributed by atoms with Crippen molar-refractivity contribution in [2.45, 2.75) is 31.7 Å². The van der Waals surface area contributed by atoms with Crippen molar-refractivity contribution < 1.29 is 14.7 Å². The summed E-state index contributed by atoms with van der Waals surface area (Å²) in [4.78, 5) is 24.7. The first-order chi connectivity index (χ1) is 7.53. The third-order valence-corrected chi connectivity index (χ3v) is 3.67. The van der Waals surface area contributed by atoms with Crippen LogP contribution < -0.4 is 5.32 Å². The normalized spacial score (nSPS) is 34.3. The van der Waals surface area contributed by atoms with Gasteiger partial charge in [0.1, 0.15) is 0 Å². The van der Waals surface area contributed by atoms with E-state index in [1.807, 2.05) is 6.92 Å². The van der Waals surface area contributed by atoms with Crippen LogP contribution in [-0.2, 0) is 9.59 Å². The van der Waals surface area contributed by atoms with Gasteiger partial charge in [0, 0.05) is 13.1 Å². The third kappa shape index (κ3) is 1.91. The van der Waals surface area contributed by atoms with E-state index >= 15 is 0 Å². The quantitative estimate of drug-likeness (QED) is 0.698. The number of carbonyl (C=O) groups excluding carboxylic acids is 1. The molecule has 0 saturated carbocycles. The van der Waals surface area contributed by atoms with Crippen LogP contribution in [0.5, 0.6) is 0 Å². The number of aliphatic carboxylic acids is 1. The molecule has 0 aromatic carbocycles. The molecule has 90 valence electrons. The fourth-order valence-corrected chi connectivity index (χ4v) is 2.57. The number of hydrogen-bond acceptors (Lipinski definition) is 3. The molecule has 0 radical (unpaired) electrons. The van der Waals surface area contributed by atoms with E-state index in [4.69, 9.17) is 5.11 Å². The maximum Gasteiger partial charge on any atom is 0.308 e. The summed E-state index contributed by atoms with van der Waals surface area (Å²) in [7, 11) is 0. The van der Waals surface area contributed by atoms with E-state index in [0.29, 0.717) is 19.5 Å². The van der Waals surface area contributed by atoms with Crippen molar-refractivity contribution in [2.75, 3.05) is 19.6 Å². The maximum absolute atomic E-state index is 12.2. The molecule has 0 bridgehead atoms. The van der Waals surface area contributed by atoms with Crippen LogP contribution in [0.4, 0.5) is 0 Å². The summed E-state index contributed by atoms with van der Waals surface area (Å²) in [6, 6.07) is 0. The van der Waals surface area contributed by atoms with Gasteiger partial charge < -0.3 is 15.3 Å². The summed E-state index contributed by atoms with van der Waals surface area (Å²) in [5.74, 6) is -1.11. The molecular weight excluding hydrogens is 208 g/mol. The lowest BCUT2D eigenvalue weighted by molar-refractivity contribution is -0.142. The van der Waals surface area contributed by atoms with Crippen molar-refractivity contribution in [2.24, 2.45) is 5.92 Å². The van der Waals surface area contributed by atoms with Gasteiger partial charge in [-0.05, 0) is 32.7 Å². The second-order valence-corrected chi connectivity index (χ2v) is 4.94. The molecule has 2 aliphatic rings. The Balaban J connectivity index is 1.99. The topological polar surface area (TPSA) is 69.6 Å². The Morgan fingerprint density at radius 3 is 2.75 bits per heavy atom. The van der Waals surface area contributed by atoms with Crippen LogP contribution in [0, 0.1) is 5.92 Å². The fourth-order valence-electron chi connectivity index (χ4n) is 2.57. The Morgan fingerprint density at radius 1 is 1.50 bits per heavy atom. The average Bonchev–Trinajstić information content (AvgIpc) is 2.85. The molecule has 16 heavy (non-hydrogen) atoms. The maximum atomic E-state index is 12.2. The van der Waals surface area contributed by atoms with Gasteiger partial charge in [0.2, 0.25) is 5.91 Å². The SMILES string of the molecule is CC1(C(=O)N2CCC(C(=O)O)C2)CCCN1. The molecule has 2 rings (SSSR count). The Kier molecular flexibility index (Phi) is 2.88. The molecule has 0 aliphatic carbocycles. The smallest absolute Gasteiger partial charge is 0.308 e. The van der Waals surface area contributed by atoms with Crippen LogP contribution in [0.15, 0.2) is 0 Å². The second-order valence-electron chi connectivity index (χ2n) is 4.94. The molecule has 0 aromatic heterocycles. The van der Waals surface area contributed by atoms with Gasteiger partial charge in [-0.1, -0.05) is 0 Å². The van der Waals surface area contributed by atoms with Gasteiger partial charge in [-0.15, -0.1) is 0 Å². The molecule has 2 unspecified atom stereocenters. The lowest BCUT2D eigenvalue weighted by Crippen LogP contribution is -2.52. The lowest BCUT2D eigenvalue weighted by atomic mass is 9.98. The van der Waals surface area contributed by atoms with Crippen molar-refractivity contribution in [1.82, 2.24) is 10.2 Å². The van der Waals surface area contributed by atoms with Gasteiger partial charge in [0.15, 0.2) is 0 Å². The lowest BCUT2D eigenvalue weighted by Gasteiger charge is -2.28. The molecule has 5 heteroatoms. The molecule has 5 nitrogen and oxygen atoms in total. The summed E-state index contributed by atoms with van der Waals surface area (Å²) >= 11 is 0. The fraction of sp³-hybridized carbons (Fsp3) is 0.818. The van der Waals surface area contributed by atoms with E-state index in [1.165, 1.54) is 0 Å². The Hall–Kier alpha value is -1.10. The first-order valence-electron chi connectivity index (χ1n) is 5.80. The van der Waals surface area contributed by atoms with Gasteiger partial charge in [0.05, 0.1) is 11.5 Å². The minimum absolute atomic E-state index is 0.0637. The predicted molar refractivity (Wildman–Crippen MR) is 58.0 cm³/mol. The molecule has 0 aromatic rings. The number of amides is 1. The standard InChI is InChI=1S/C11H18N2O3/c1-11(4-2-5-12-11)10(16)13-6-3-8(7-13)9(14)15/h8,12H,2-7H2,1H3,(H,14,15). The molecule has 0 spiro atoms. The Morgan fingerprint density at radius 2 is 2.25 bits per heavy atom. The van der Waals surface area contributed by atoms with Crippen molar-refractivity contribution >= 4 is 11.9 Å². The number of nitrogens with zero attached hydrogens (tertiary/aromatic N) is 1. The molecule has 2 atom stereocenters. The van der Waals surface area contributed by atoms with E-state index < -0.39 is 11.5 Å². The molecule has 2 aliphatic heterocycles. The van der Waals surface area contributed by atoms with E-state index in [9.17, 15) is 9.59 Å². The van der Waals surface area contributed by atoms with E-state index in [0.717, 1.165) is 19.4 Å². The minimum atomic E-state index is -0.792. The van der Waals surface area contributed by atoms with Crippen LogP contribution in [0.1, 0.15) is 26.2 Å². The summed E-state index contributed by atoms with van der Waals surface area (Å²) in [5.41, 5.74) is -0.465. The molecular formula is C11H18N2O3. The highest BCUT2D eigenvalue weighted by atomic mass is 16.4. The van der Waals surface area contributed by atoms with Crippen LogP contribution in [0.3, 0.4) is 0 Å². The second kappa shape index (κ2) is 4.05. The van der Waals surface area contributed by atoms with Crippen molar-refractivity contribution in [3.63, 3.8) is 0 Å². The van der Waals surface area contributed by atoms with Crippen molar-refractivity contribution in [3.05, 3.63) is 0 Å². The van der Waals surface area contributed by atoms with E-state index in [2.05, 4.69) is 5.32 Å². The number of carboxylic acid groups (broad SMARTS) is 1. The molecule has 1 amide bonds. The largest absolute Gasteiger partial charge is 0.481 e. The Bertz CT molecular complexity index is 310.